The fourth-order valence-electron chi connectivity index (χ4n) is 2.22. The van der Waals surface area contributed by atoms with Gasteiger partial charge < -0.3 is 9.47 Å². The van der Waals surface area contributed by atoms with E-state index in [2.05, 4.69) is 14.7 Å². The Morgan fingerprint density at radius 1 is 1.20 bits per heavy atom. The number of hydrogen-bond acceptors (Lipinski definition) is 6. The monoisotopic (exact) mass is 369 g/mol. The molecular weight excluding hydrogens is 349 g/mol. The molecule has 0 bridgehead atoms. The van der Waals surface area contributed by atoms with Crippen LogP contribution >= 0.6 is 0 Å². The minimum atomic E-state index is -3.59. The molecule has 0 radical (unpaired) electrons. The Morgan fingerprint density at radius 2 is 1.88 bits per heavy atom. The third-order valence-electron chi connectivity index (χ3n) is 3.53. The number of halogens is 1. The fourth-order valence-corrected chi connectivity index (χ4v) is 3.53. The second kappa shape index (κ2) is 8.21. The number of methoxy groups -OCH3 is 2. The van der Waals surface area contributed by atoms with Crippen molar-refractivity contribution >= 4 is 10.0 Å². The molecule has 1 N–H and O–H groups in total. The maximum Gasteiger partial charge on any atom is 0.212 e. The summed E-state index contributed by atoms with van der Waals surface area (Å²) in [7, 11) is -0.550. The molecule has 1 aromatic carbocycles. The van der Waals surface area contributed by atoms with Gasteiger partial charge in [0.1, 0.15) is 17.3 Å². The quantitative estimate of drug-likeness (QED) is 0.764. The van der Waals surface area contributed by atoms with Gasteiger partial charge in [0.05, 0.1) is 32.4 Å². The van der Waals surface area contributed by atoms with Crippen LogP contribution in [0, 0.1) is 5.82 Å². The zero-order chi connectivity index (χ0) is 18.4. The Kier molecular flexibility index (Phi) is 6.27. The van der Waals surface area contributed by atoms with Gasteiger partial charge in [0, 0.05) is 24.1 Å². The van der Waals surface area contributed by atoms with E-state index in [9.17, 15) is 12.8 Å². The van der Waals surface area contributed by atoms with Crippen molar-refractivity contribution in [1.29, 1.82) is 0 Å². The zero-order valence-corrected chi connectivity index (χ0v) is 15.0. The van der Waals surface area contributed by atoms with E-state index in [0.29, 0.717) is 17.1 Å². The molecule has 2 rings (SSSR count). The van der Waals surface area contributed by atoms with Gasteiger partial charge in [0.2, 0.25) is 10.0 Å². The molecule has 1 atom stereocenters. The van der Waals surface area contributed by atoms with E-state index in [1.165, 1.54) is 14.2 Å². The van der Waals surface area contributed by atoms with Crippen LogP contribution in [-0.2, 0) is 16.6 Å². The lowest BCUT2D eigenvalue weighted by atomic mass is 10.2. The Bertz CT molecular complexity index is 813. The molecule has 1 aromatic heterocycles. The molecule has 0 aliphatic rings. The van der Waals surface area contributed by atoms with E-state index in [1.54, 1.807) is 25.1 Å². The predicted molar refractivity (Wildman–Crippen MR) is 90.6 cm³/mol. The molecule has 0 aliphatic heterocycles. The number of sulfonamides is 1. The van der Waals surface area contributed by atoms with Gasteiger partial charge in [-0.2, -0.15) is 0 Å². The molecule has 0 saturated heterocycles. The molecule has 0 amide bonds. The highest BCUT2D eigenvalue weighted by Crippen LogP contribution is 2.24. The zero-order valence-electron chi connectivity index (χ0n) is 14.2. The first-order chi connectivity index (χ1) is 11.8. The van der Waals surface area contributed by atoms with Crippen molar-refractivity contribution in [3.05, 3.63) is 47.8 Å². The first-order valence-corrected chi connectivity index (χ1v) is 9.15. The Morgan fingerprint density at radius 3 is 2.48 bits per heavy atom. The van der Waals surface area contributed by atoms with Gasteiger partial charge >= 0.3 is 0 Å². The summed E-state index contributed by atoms with van der Waals surface area (Å²) in [6.45, 7) is 1.74. The number of rotatable bonds is 8. The van der Waals surface area contributed by atoms with Crippen LogP contribution in [0.2, 0.25) is 0 Å². The summed E-state index contributed by atoms with van der Waals surface area (Å²) in [5.41, 5.74) is 0.678. The number of nitrogens with one attached hydrogen (secondary N) is 1. The van der Waals surface area contributed by atoms with Crippen molar-refractivity contribution < 1.29 is 22.3 Å². The van der Waals surface area contributed by atoms with Gasteiger partial charge in [0.15, 0.2) is 5.82 Å². The predicted octanol–water partition coefficient (Wildman–Crippen LogP) is 1.86. The van der Waals surface area contributed by atoms with Crippen molar-refractivity contribution in [2.75, 3.05) is 20.0 Å². The van der Waals surface area contributed by atoms with Gasteiger partial charge in [-0.15, -0.1) is 0 Å². The largest absolute Gasteiger partial charge is 0.497 e. The van der Waals surface area contributed by atoms with Crippen LogP contribution in [0.4, 0.5) is 4.39 Å². The maximum absolute atomic E-state index is 12.8. The van der Waals surface area contributed by atoms with Gasteiger partial charge in [-0.05, 0) is 6.07 Å². The van der Waals surface area contributed by atoms with E-state index in [1.807, 2.05) is 0 Å². The average molecular weight is 369 g/mol. The van der Waals surface area contributed by atoms with Crippen LogP contribution in [-0.4, -0.2) is 38.4 Å². The Balaban J connectivity index is 2.03. The molecule has 0 aliphatic carbocycles. The molecule has 9 heteroatoms. The van der Waals surface area contributed by atoms with Crippen molar-refractivity contribution in [3.8, 4) is 11.5 Å². The Labute approximate surface area is 146 Å². The highest BCUT2D eigenvalue weighted by molar-refractivity contribution is 7.89. The van der Waals surface area contributed by atoms with Crippen molar-refractivity contribution in [2.45, 2.75) is 19.4 Å². The molecule has 1 heterocycles. The molecule has 0 fully saturated rings. The molecule has 25 heavy (non-hydrogen) atoms. The molecule has 1 unspecified atom stereocenters. The van der Waals surface area contributed by atoms with Crippen LogP contribution < -0.4 is 14.2 Å². The van der Waals surface area contributed by atoms with Crippen molar-refractivity contribution in [1.82, 2.24) is 14.7 Å². The SMILES string of the molecule is COc1ccc(CNS(=O)(=O)CC(C)c2ncc(F)cn2)c(OC)c1. The minimum absolute atomic E-state index is 0.0759. The second-order valence-corrected chi connectivity index (χ2v) is 7.29. The second-order valence-electron chi connectivity index (χ2n) is 5.44. The normalized spacial score (nSPS) is 12.6. The molecule has 136 valence electrons. The van der Waals surface area contributed by atoms with Crippen LogP contribution in [0.1, 0.15) is 24.2 Å². The molecule has 2 aromatic rings. The van der Waals surface area contributed by atoms with E-state index >= 15 is 0 Å². The van der Waals surface area contributed by atoms with Crippen LogP contribution in [0.15, 0.2) is 30.6 Å². The topological polar surface area (TPSA) is 90.4 Å². The highest BCUT2D eigenvalue weighted by atomic mass is 32.2. The standard InChI is InChI=1S/C16H20FN3O4S/c1-11(16-18-8-13(17)9-19-16)10-25(21,22)20-7-12-4-5-14(23-2)6-15(12)24-3/h4-6,8-9,11,20H,7,10H2,1-3H3. The number of nitrogens with zero attached hydrogens (tertiary/aromatic N) is 2. The highest BCUT2D eigenvalue weighted by Gasteiger charge is 2.19. The summed E-state index contributed by atoms with van der Waals surface area (Å²) in [4.78, 5) is 7.63. The first kappa shape index (κ1) is 19.1. The van der Waals surface area contributed by atoms with Gasteiger partial charge in [-0.1, -0.05) is 13.0 Å². The molecule has 0 spiro atoms. The lowest BCUT2D eigenvalue weighted by Gasteiger charge is -2.14. The summed E-state index contributed by atoms with van der Waals surface area (Å²) in [6.07, 6.45) is 2.03. The van der Waals surface area contributed by atoms with Crippen LogP contribution in [0.3, 0.4) is 0 Å². The van der Waals surface area contributed by atoms with Crippen LogP contribution in [0.5, 0.6) is 11.5 Å². The summed E-state index contributed by atoms with van der Waals surface area (Å²) in [6, 6.07) is 5.13. The minimum Gasteiger partial charge on any atom is -0.497 e. The Hall–Kier alpha value is -2.26. The molecule has 0 saturated carbocycles. The third kappa shape index (κ3) is 5.36. The van der Waals surface area contributed by atoms with Gasteiger partial charge in [-0.25, -0.2) is 27.5 Å². The van der Waals surface area contributed by atoms with E-state index in [-0.39, 0.29) is 18.1 Å². The smallest absolute Gasteiger partial charge is 0.212 e. The number of benzene rings is 1. The molecule has 7 nitrogen and oxygen atoms in total. The first-order valence-electron chi connectivity index (χ1n) is 7.50. The van der Waals surface area contributed by atoms with E-state index in [4.69, 9.17) is 9.47 Å². The van der Waals surface area contributed by atoms with Gasteiger partial charge in [-0.3, -0.25) is 0 Å². The van der Waals surface area contributed by atoms with E-state index in [0.717, 1.165) is 12.4 Å². The lowest BCUT2D eigenvalue weighted by molar-refractivity contribution is 0.390. The number of ether oxygens (including phenoxy) is 2. The lowest BCUT2D eigenvalue weighted by Crippen LogP contribution is -2.28. The summed E-state index contributed by atoms with van der Waals surface area (Å²) in [5.74, 6) is 0.160. The maximum atomic E-state index is 12.8. The summed E-state index contributed by atoms with van der Waals surface area (Å²) in [5, 5.41) is 0. The number of hydrogen-bond donors (Lipinski definition) is 1. The van der Waals surface area contributed by atoms with Crippen LogP contribution in [0.25, 0.3) is 0 Å². The van der Waals surface area contributed by atoms with E-state index < -0.39 is 21.8 Å². The average Bonchev–Trinajstić information content (AvgIpc) is 2.60. The van der Waals surface area contributed by atoms with Crippen molar-refractivity contribution in [3.63, 3.8) is 0 Å². The van der Waals surface area contributed by atoms with Gasteiger partial charge in [0.25, 0.3) is 0 Å². The molecular formula is C16H20FN3O4S. The fraction of sp³-hybridized carbons (Fsp3) is 0.375. The summed E-state index contributed by atoms with van der Waals surface area (Å²) < 4.78 is 50.3. The van der Waals surface area contributed by atoms with Crippen molar-refractivity contribution in [2.24, 2.45) is 0 Å². The summed E-state index contributed by atoms with van der Waals surface area (Å²) >= 11 is 0. The third-order valence-corrected chi connectivity index (χ3v) is 5.05. The number of aromatic nitrogens is 2.